The molecule has 0 aliphatic carbocycles. The molecule has 0 bridgehead atoms. The number of rotatable bonds is 6. The van der Waals surface area contributed by atoms with Gasteiger partial charge in [-0.15, -0.1) is 0 Å². The Morgan fingerprint density at radius 2 is 1.46 bits per heavy atom. The molecule has 0 saturated carbocycles. The lowest BCUT2D eigenvalue weighted by atomic mass is 9.79. The lowest BCUT2D eigenvalue weighted by molar-refractivity contribution is 0.00578. The van der Waals surface area contributed by atoms with Crippen molar-refractivity contribution in [1.29, 1.82) is 0 Å². The van der Waals surface area contributed by atoms with Gasteiger partial charge in [-0.1, -0.05) is 35.9 Å². The van der Waals surface area contributed by atoms with Gasteiger partial charge in [0.2, 0.25) is 10.0 Å². The standard InChI is InChI=1S/C20H25BClNO4S/c1-19(2)20(3,4)27-21(26-19)16-7-5-15(6-8-16)13-14-23-28(24,25)18-11-9-17(22)10-12-18/h5-12,23H,13-14H2,1-4H3. The molecule has 0 unspecified atom stereocenters. The van der Waals surface area contributed by atoms with Gasteiger partial charge in [0.1, 0.15) is 0 Å². The van der Waals surface area contributed by atoms with E-state index < -0.39 is 17.1 Å². The van der Waals surface area contributed by atoms with Gasteiger partial charge in [0, 0.05) is 11.6 Å². The van der Waals surface area contributed by atoms with Crippen molar-refractivity contribution in [3.8, 4) is 0 Å². The summed E-state index contributed by atoms with van der Waals surface area (Å²) in [4.78, 5) is 0.202. The minimum absolute atomic E-state index is 0.202. The SMILES string of the molecule is CC1(C)OB(c2ccc(CCNS(=O)(=O)c3ccc(Cl)cc3)cc2)OC1(C)C. The number of nitrogens with one attached hydrogen (secondary N) is 1. The van der Waals surface area contributed by atoms with Gasteiger partial charge in [0.15, 0.2) is 0 Å². The van der Waals surface area contributed by atoms with Crippen LogP contribution in [0, 0.1) is 0 Å². The molecule has 1 heterocycles. The summed E-state index contributed by atoms with van der Waals surface area (Å²) in [6.45, 7) is 8.39. The molecule has 2 aromatic rings. The summed E-state index contributed by atoms with van der Waals surface area (Å²) in [6, 6.07) is 14.0. The molecule has 1 saturated heterocycles. The summed E-state index contributed by atoms with van der Waals surface area (Å²) in [6.07, 6.45) is 0.580. The second kappa shape index (κ2) is 7.80. The number of halogens is 1. The molecule has 1 aliphatic heterocycles. The fourth-order valence-corrected chi connectivity index (χ4v) is 4.01. The molecule has 3 rings (SSSR count). The topological polar surface area (TPSA) is 64.6 Å². The zero-order chi connectivity index (χ0) is 20.6. The van der Waals surface area contributed by atoms with Crippen LogP contribution in [0.5, 0.6) is 0 Å². The van der Waals surface area contributed by atoms with E-state index in [0.717, 1.165) is 11.0 Å². The van der Waals surface area contributed by atoms with Crippen LogP contribution in [-0.2, 0) is 25.8 Å². The second-order valence-corrected chi connectivity index (χ2v) is 10.1. The van der Waals surface area contributed by atoms with E-state index in [1.165, 1.54) is 12.1 Å². The molecule has 150 valence electrons. The monoisotopic (exact) mass is 421 g/mol. The molecule has 1 N–H and O–H groups in total. The summed E-state index contributed by atoms with van der Waals surface area (Å²) < 4.78 is 39.3. The normalized spacial score (nSPS) is 18.4. The van der Waals surface area contributed by atoms with Gasteiger partial charge < -0.3 is 9.31 Å². The lowest BCUT2D eigenvalue weighted by Crippen LogP contribution is -2.41. The van der Waals surface area contributed by atoms with Crippen molar-refractivity contribution >= 4 is 34.2 Å². The number of hydrogen-bond acceptors (Lipinski definition) is 4. The highest BCUT2D eigenvalue weighted by atomic mass is 35.5. The number of benzene rings is 2. The molecule has 0 aromatic heterocycles. The van der Waals surface area contributed by atoms with Gasteiger partial charge in [0.25, 0.3) is 0 Å². The Hall–Kier alpha value is -1.38. The summed E-state index contributed by atoms with van der Waals surface area (Å²) in [7, 11) is -3.94. The predicted octanol–water partition coefficient (Wildman–Crippen LogP) is 3.16. The Labute approximate surface area is 172 Å². The summed E-state index contributed by atoms with van der Waals surface area (Å²) in [5, 5.41) is 0.501. The van der Waals surface area contributed by atoms with E-state index >= 15 is 0 Å². The van der Waals surface area contributed by atoms with Gasteiger partial charge in [-0.3, -0.25) is 0 Å². The van der Waals surface area contributed by atoms with Crippen LogP contribution >= 0.6 is 11.6 Å². The third-order valence-electron chi connectivity index (χ3n) is 5.33. The minimum Gasteiger partial charge on any atom is -0.399 e. The zero-order valence-corrected chi connectivity index (χ0v) is 18.1. The third kappa shape index (κ3) is 4.61. The molecule has 0 amide bonds. The molecule has 28 heavy (non-hydrogen) atoms. The van der Waals surface area contributed by atoms with Crippen molar-refractivity contribution in [2.24, 2.45) is 0 Å². The van der Waals surface area contributed by atoms with Crippen molar-refractivity contribution in [1.82, 2.24) is 4.72 Å². The Morgan fingerprint density at radius 3 is 2.00 bits per heavy atom. The van der Waals surface area contributed by atoms with E-state index in [2.05, 4.69) is 4.72 Å². The van der Waals surface area contributed by atoms with Crippen LogP contribution in [0.2, 0.25) is 5.02 Å². The maximum absolute atomic E-state index is 12.3. The fourth-order valence-electron chi connectivity index (χ4n) is 2.85. The van der Waals surface area contributed by atoms with Crippen LogP contribution in [0.15, 0.2) is 53.4 Å². The average Bonchev–Trinajstić information content (AvgIpc) is 2.83. The molecule has 8 heteroatoms. The van der Waals surface area contributed by atoms with Gasteiger partial charge in [-0.25, -0.2) is 13.1 Å². The maximum atomic E-state index is 12.3. The Morgan fingerprint density at radius 1 is 0.929 bits per heavy atom. The van der Waals surface area contributed by atoms with Crippen LogP contribution < -0.4 is 10.2 Å². The number of hydrogen-bond donors (Lipinski definition) is 1. The average molecular weight is 422 g/mol. The molecular weight excluding hydrogens is 397 g/mol. The molecule has 5 nitrogen and oxygen atoms in total. The van der Waals surface area contributed by atoms with E-state index in [-0.39, 0.29) is 16.1 Å². The van der Waals surface area contributed by atoms with Crippen LogP contribution in [0.3, 0.4) is 0 Å². The molecule has 2 aromatic carbocycles. The fraction of sp³-hybridized carbons (Fsp3) is 0.400. The first kappa shape index (κ1) is 21.3. The lowest BCUT2D eigenvalue weighted by Gasteiger charge is -2.32. The van der Waals surface area contributed by atoms with Gasteiger partial charge in [-0.05, 0) is 69.4 Å². The van der Waals surface area contributed by atoms with Gasteiger partial charge in [-0.2, -0.15) is 0 Å². The highest BCUT2D eigenvalue weighted by Gasteiger charge is 2.51. The van der Waals surface area contributed by atoms with E-state index in [4.69, 9.17) is 20.9 Å². The first-order valence-corrected chi connectivity index (χ1v) is 11.1. The van der Waals surface area contributed by atoms with Gasteiger partial charge in [0.05, 0.1) is 16.1 Å². The van der Waals surface area contributed by atoms with Crippen LogP contribution in [0.1, 0.15) is 33.3 Å². The smallest absolute Gasteiger partial charge is 0.399 e. The first-order chi connectivity index (χ1) is 13.0. The van der Waals surface area contributed by atoms with E-state index in [0.29, 0.717) is 18.0 Å². The third-order valence-corrected chi connectivity index (χ3v) is 7.06. The molecule has 0 atom stereocenters. The molecular formula is C20H25BClNO4S. The molecule has 1 fully saturated rings. The molecule has 1 aliphatic rings. The van der Waals surface area contributed by atoms with Gasteiger partial charge >= 0.3 is 7.12 Å². The van der Waals surface area contributed by atoms with Crippen LogP contribution in [0.4, 0.5) is 0 Å². The zero-order valence-electron chi connectivity index (χ0n) is 16.5. The Balaban J connectivity index is 1.57. The highest BCUT2D eigenvalue weighted by Crippen LogP contribution is 2.36. The van der Waals surface area contributed by atoms with Crippen molar-refractivity contribution in [2.45, 2.75) is 50.2 Å². The van der Waals surface area contributed by atoms with Crippen molar-refractivity contribution in [2.75, 3.05) is 6.54 Å². The summed E-state index contributed by atoms with van der Waals surface area (Å²) in [5.74, 6) is 0. The Kier molecular flexibility index (Phi) is 5.95. The Bertz CT molecular complexity index is 912. The molecule has 0 radical (unpaired) electrons. The summed E-state index contributed by atoms with van der Waals surface area (Å²) in [5.41, 5.74) is 1.22. The first-order valence-electron chi connectivity index (χ1n) is 9.20. The molecule has 0 spiro atoms. The highest BCUT2D eigenvalue weighted by molar-refractivity contribution is 7.89. The van der Waals surface area contributed by atoms with Crippen LogP contribution in [0.25, 0.3) is 0 Å². The van der Waals surface area contributed by atoms with E-state index in [1.54, 1.807) is 12.1 Å². The summed E-state index contributed by atoms with van der Waals surface area (Å²) >= 11 is 5.80. The quantitative estimate of drug-likeness (QED) is 0.728. The van der Waals surface area contributed by atoms with E-state index in [9.17, 15) is 8.42 Å². The van der Waals surface area contributed by atoms with E-state index in [1.807, 2.05) is 52.0 Å². The predicted molar refractivity (Wildman–Crippen MR) is 113 cm³/mol. The van der Waals surface area contributed by atoms with Crippen molar-refractivity contribution in [3.05, 3.63) is 59.1 Å². The van der Waals surface area contributed by atoms with Crippen molar-refractivity contribution in [3.63, 3.8) is 0 Å². The van der Waals surface area contributed by atoms with Crippen molar-refractivity contribution < 1.29 is 17.7 Å². The largest absolute Gasteiger partial charge is 0.494 e. The maximum Gasteiger partial charge on any atom is 0.494 e. The van der Waals surface area contributed by atoms with Crippen LogP contribution in [-0.4, -0.2) is 33.3 Å². The minimum atomic E-state index is -3.54. The second-order valence-electron chi connectivity index (χ2n) is 7.93. The number of sulfonamides is 1.